The SMILES string of the molecule is Nc1ncccc1C(N)C1CCCCCCC1. The molecule has 0 aliphatic heterocycles. The number of nitrogens with two attached hydrogens (primary N) is 2. The lowest BCUT2D eigenvalue weighted by molar-refractivity contribution is 0.328. The normalized spacial score (nSPS) is 20.5. The zero-order valence-electron chi connectivity index (χ0n) is 10.4. The lowest BCUT2D eigenvalue weighted by atomic mass is 9.83. The molecule has 94 valence electrons. The minimum atomic E-state index is 0.0572. The van der Waals surface area contributed by atoms with Crippen molar-refractivity contribution in [2.45, 2.75) is 51.0 Å². The molecule has 1 aromatic heterocycles. The van der Waals surface area contributed by atoms with Crippen molar-refractivity contribution in [3.8, 4) is 0 Å². The van der Waals surface area contributed by atoms with Gasteiger partial charge in [-0.05, 0) is 24.8 Å². The highest BCUT2D eigenvalue weighted by molar-refractivity contribution is 5.40. The van der Waals surface area contributed by atoms with Crippen LogP contribution in [-0.4, -0.2) is 4.98 Å². The van der Waals surface area contributed by atoms with Gasteiger partial charge in [-0.15, -0.1) is 0 Å². The van der Waals surface area contributed by atoms with E-state index in [0.29, 0.717) is 11.7 Å². The number of nitrogen functional groups attached to an aromatic ring is 1. The highest BCUT2D eigenvalue weighted by Gasteiger charge is 2.21. The van der Waals surface area contributed by atoms with E-state index in [0.717, 1.165) is 5.56 Å². The molecule has 0 radical (unpaired) electrons. The van der Waals surface area contributed by atoms with Crippen LogP contribution in [0.15, 0.2) is 18.3 Å². The van der Waals surface area contributed by atoms with Crippen molar-refractivity contribution >= 4 is 5.82 Å². The second-order valence-electron chi connectivity index (χ2n) is 5.11. The van der Waals surface area contributed by atoms with Crippen LogP contribution in [0.5, 0.6) is 0 Å². The van der Waals surface area contributed by atoms with E-state index >= 15 is 0 Å². The van der Waals surface area contributed by atoms with Gasteiger partial charge in [-0.25, -0.2) is 4.98 Å². The van der Waals surface area contributed by atoms with Gasteiger partial charge in [0, 0.05) is 17.8 Å². The van der Waals surface area contributed by atoms with Crippen LogP contribution in [0.25, 0.3) is 0 Å². The molecular formula is C14H23N3. The fraction of sp³-hybridized carbons (Fsp3) is 0.643. The van der Waals surface area contributed by atoms with Gasteiger partial charge in [0.1, 0.15) is 5.82 Å². The molecule has 3 nitrogen and oxygen atoms in total. The molecule has 1 aliphatic rings. The van der Waals surface area contributed by atoms with E-state index in [4.69, 9.17) is 11.5 Å². The summed E-state index contributed by atoms with van der Waals surface area (Å²) in [5.41, 5.74) is 13.3. The molecule has 0 amide bonds. The largest absolute Gasteiger partial charge is 0.383 e. The Kier molecular flexibility index (Phi) is 4.37. The van der Waals surface area contributed by atoms with E-state index in [-0.39, 0.29) is 6.04 Å². The van der Waals surface area contributed by atoms with Crippen molar-refractivity contribution in [2.24, 2.45) is 11.7 Å². The third kappa shape index (κ3) is 3.19. The Balaban J connectivity index is 2.07. The third-order valence-corrected chi connectivity index (χ3v) is 3.89. The van der Waals surface area contributed by atoms with Gasteiger partial charge in [0.15, 0.2) is 0 Å². The summed E-state index contributed by atoms with van der Waals surface area (Å²) in [7, 11) is 0. The molecule has 0 saturated heterocycles. The summed E-state index contributed by atoms with van der Waals surface area (Å²) in [5, 5.41) is 0. The first-order chi connectivity index (χ1) is 8.29. The maximum atomic E-state index is 6.37. The van der Waals surface area contributed by atoms with Crippen LogP contribution in [0, 0.1) is 5.92 Å². The molecule has 1 unspecified atom stereocenters. The number of hydrogen-bond donors (Lipinski definition) is 2. The van der Waals surface area contributed by atoms with Gasteiger partial charge in [0.05, 0.1) is 0 Å². The minimum absolute atomic E-state index is 0.0572. The first-order valence-electron chi connectivity index (χ1n) is 6.75. The zero-order valence-corrected chi connectivity index (χ0v) is 10.4. The van der Waals surface area contributed by atoms with E-state index in [1.807, 2.05) is 12.1 Å². The van der Waals surface area contributed by atoms with Crippen molar-refractivity contribution in [2.75, 3.05) is 5.73 Å². The van der Waals surface area contributed by atoms with Crippen LogP contribution < -0.4 is 11.5 Å². The molecule has 0 bridgehead atoms. The molecule has 2 rings (SSSR count). The number of anilines is 1. The summed E-state index contributed by atoms with van der Waals surface area (Å²) in [5.74, 6) is 1.17. The number of hydrogen-bond acceptors (Lipinski definition) is 3. The summed E-state index contributed by atoms with van der Waals surface area (Å²) in [4.78, 5) is 4.13. The molecule has 1 saturated carbocycles. The van der Waals surface area contributed by atoms with Crippen molar-refractivity contribution in [1.29, 1.82) is 0 Å². The molecule has 1 aliphatic carbocycles. The van der Waals surface area contributed by atoms with E-state index in [2.05, 4.69) is 4.98 Å². The highest BCUT2D eigenvalue weighted by atomic mass is 14.8. The minimum Gasteiger partial charge on any atom is -0.383 e. The maximum Gasteiger partial charge on any atom is 0.128 e. The average molecular weight is 233 g/mol. The van der Waals surface area contributed by atoms with Crippen LogP contribution in [0.4, 0.5) is 5.82 Å². The second kappa shape index (κ2) is 6.01. The van der Waals surface area contributed by atoms with Crippen LogP contribution in [0.1, 0.15) is 56.6 Å². The van der Waals surface area contributed by atoms with Gasteiger partial charge in [-0.2, -0.15) is 0 Å². The summed E-state index contributed by atoms with van der Waals surface area (Å²) in [6.45, 7) is 0. The van der Waals surface area contributed by atoms with Gasteiger partial charge in [0.25, 0.3) is 0 Å². The number of pyridine rings is 1. The second-order valence-corrected chi connectivity index (χ2v) is 5.11. The fourth-order valence-electron chi connectivity index (χ4n) is 2.81. The summed E-state index contributed by atoms with van der Waals surface area (Å²) in [6, 6.07) is 4.00. The standard InChI is InChI=1S/C14H23N3/c15-13(12-9-6-10-17-14(12)16)11-7-4-2-1-3-5-8-11/h6,9-11,13H,1-5,7-8,15H2,(H2,16,17). The van der Waals surface area contributed by atoms with Crippen LogP contribution in [0.3, 0.4) is 0 Å². The Morgan fingerprint density at radius 3 is 2.41 bits per heavy atom. The predicted octanol–water partition coefficient (Wildman–Crippen LogP) is 3.02. The van der Waals surface area contributed by atoms with Crippen LogP contribution in [0.2, 0.25) is 0 Å². The van der Waals surface area contributed by atoms with Crippen molar-refractivity contribution in [3.05, 3.63) is 23.9 Å². The molecular weight excluding hydrogens is 210 g/mol. The molecule has 3 heteroatoms. The molecule has 0 spiro atoms. The predicted molar refractivity (Wildman–Crippen MR) is 71.4 cm³/mol. The van der Waals surface area contributed by atoms with Crippen molar-refractivity contribution in [3.63, 3.8) is 0 Å². The quantitative estimate of drug-likeness (QED) is 0.825. The number of aromatic nitrogens is 1. The topological polar surface area (TPSA) is 64.9 Å². The average Bonchev–Trinajstić information content (AvgIpc) is 2.28. The molecule has 4 N–H and O–H groups in total. The van der Waals surface area contributed by atoms with Crippen LogP contribution >= 0.6 is 0 Å². The van der Waals surface area contributed by atoms with Crippen molar-refractivity contribution < 1.29 is 0 Å². The molecule has 17 heavy (non-hydrogen) atoms. The Hall–Kier alpha value is -1.09. The van der Waals surface area contributed by atoms with Gasteiger partial charge in [-0.3, -0.25) is 0 Å². The van der Waals surface area contributed by atoms with Crippen LogP contribution in [-0.2, 0) is 0 Å². The molecule has 1 heterocycles. The Labute approximate surface area is 104 Å². The first-order valence-corrected chi connectivity index (χ1v) is 6.75. The Bertz CT molecular complexity index is 343. The summed E-state index contributed by atoms with van der Waals surface area (Å²) >= 11 is 0. The maximum absolute atomic E-state index is 6.37. The zero-order chi connectivity index (χ0) is 12.1. The summed E-state index contributed by atoms with van der Waals surface area (Å²) in [6.07, 6.45) is 10.9. The molecule has 0 aromatic carbocycles. The number of nitrogens with zero attached hydrogens (tertiary/aromatic N) is 1. The molecule has 1 atom stereocenters. The third-order valence-electron chi connectivity index (χ3n) is 3.89. The Morgan fingerprint density at radius 2 is 1.76 bits per heavy atom. The lowest BCUT2D eigenvalue weighted by Crippen LogP contribution is -2.23. The molecule has 1 fully saturated rings. The van der Waals surface area contributed by atoms with Gasteiger partial charge >= 0.3 is 0 Å². The van der Waals surface area contributed by atoms with Gasteiger partial charge in [0.2, 0.25) is 0 Å². The lowest BCUT2D eigenvalue weighted by Gasteiger charge is -2.26. The monoisotopic (exact) mass is 233 g/mol. The number of rotatable bonds is 2. The van der Waals surface area contributed by atoms with E-state index in [1.54, 1.807) is 6.20 Å². The van der Waals surface area contributed by atoms with E-state index in [9.17, 15) is 0 Å². The molecule has 1 aromatic rings. The van der Waals surface area contributed by atoms with Gasteiger partial charge in [-0.1, -0.05) is 38.2 Å². The van der Waals surface area contributed by atoms with Gasteiger partial charge < -0.3 is 11.5 Å². The smallest absolute Gasteiger partial charge is 0.128 e. The fourth-order valence-corrected chi connectivity index (χ4v) is 2.81. The van der Waals surface area contributed by atoms with E-state index < -0.39 is 0 Å². The first kappa shape index (κ1) is 12.4. The summed E-state index contributed by atoms with van der Waals surface area (Å²) < 4.78 is 0. The van der Waals surface area contributed by atoms with E-state index in [1.165, 1.54) is 44.9 Å². The highest BCUT2D eigenvalue weighted by Crippen LogP contribution is 2.32. The van der Waals surface area contributed by atoms with Crippen molar-refractivity contribution in [1.82, 2.24) is 4.98 Å². The Morgan fingerprint density at radius 1 is 1.12 bits per heavy atom.